The number of halogens is 1. The molecule has 1 aromatic heterocycles. The Bertz CT molecular complexity index is 770. The number of rotatable bonds is 4. The lowest BCUT2D eigenvalue weighted by molar-refractivity contribution is -0.134. The Morgan fingerprint density at radius 2 is 1.69 bits per heavy atom. The maximum atomic E-state index is 12.5. The average Bonchev–Trinajstić information content (AvgIpc) is 2.67. The highest BCUT2D eigenvalue weighted by molar-refractivity contribution is 6.30. The summed E-state index contributed by atoms with van der Waals surface area (Å²) in [7, 11) is 0. The Kier molecular flexibility index (Phi) is 5.73. The molecule has 2 heterocycles. The molecular weight excluding hydrogens is 354 g/mol. The number of benzene rings is 1. The van der Waals surface area contributed by atoms with E-state index in [1.165, 1.54) is 0 Å². The predicted octanol–water partition coefficient (Wildman–Crippen LogP) is 2.41. The third-order valence-electron chi connectivity index (χ3n) is 4.25. The summed E-state index contributed by atoms with van der Waals surface area (Å²) in [5.74, 6) is 0.453. The zero-order chi connectivity index (χ0) is 18.5. The minimum Gasteiger partial charge on any atom is -0.484 e. The molecule has 0 aliphatic carbocycles. The van der Waals surface area contributed by atoms with Gasteiger partial charge in [0.05, 0.1) is 5.56 Å². The average molecular weight is 374 g/mol. The van der Waals surface area contributed by atoms with Crippen molar-refractivity contribution in [1.82, 2.24) is 14.8 Å². The van der Waals surface area contributed by atoms with E-state index in [1.54, 1.807) is 46.3 Å². The third-order valence-corrected chi connectivity index (χ3v) is 4.51. The van der Waals surface area contributed by atoms with Crippen LogP contribution in [0, 0.1) is 6.92 Å². The number of piperazine rings is 1. The molecular formula is C19H20ClN3O3. The van der Waals surface area contributed by atoms with Gasteiger partial charge in [0.25, 0.3) is 11.8 Å². The van der Waals surface area contributed by atoms with Gasteiger partial charge in [-0.05, 0) is 43.3 Å². The monoisotopic (exact) mass is 373 g/mol. The number of ether oxygens (including phenoxy) is 1. The van der Waals surface area contributed by atoms with Crippen LogP contribution in [0.4, 0.5) is 0 Å². The smallest absolute Gasteiger partial charge is 0.260 e. The Hall–Kier alpha value is -2.60. The summed E-state index contributed by atoms with van der Waals surface area (Å²) < 4.78 is 5.49. The predicted molar refractivity (Wildman–Crippen MR) is 98.4 cm³/mol. The zero-order valence-electron chi connectivity index (χ0n) is 14.5. The molecule has 136 valence electrons. The summed E-state index contributed by atoms with van der Waals surface area (Å²) in [6.07, 6.45) is 1.59. The molecule has 1 aliphatic rings. The van der Waals surface area contributed by atoms with Gasteiger partial charge in [0.15, 0.2) is 6.61 Å². The van der Waals surface area contributed by atoms with Gasteiger partial charge in [0.1, 0.15) is 5.75 Å². The molecule has 0 bridgehead atoms. The van der Waals surface area contributed by atoms with E-state index in [-0.39, 0.29) is 18.4 Å². The summed E-state index contributed by atoms with van der Waals surface area (Å²) in [6, 6.07) is 10.5. The quantitative estimate of drug-likeness (QED) is 0.825. The van der Waals surface area contributed by atoms with Gasteiger partial charge in [-0.1, -0.05) is 11.6 Å². The van der Waals surface area contributed by atoms with Crippen molar-refractivity contribution in [3.05, 3.63) is 58.9 Å². The minimum absolute atomic E-state index is 0.0303. The van der Waals surface area contributed by atoms with E-state index in [4.69, 9.17) is 16.3 Å². The lowest BCUT2D eigenvalue weighted by Crippen LogP contribution is -2.51. The summed E-state index contributed by atoms with van der Waals surface area (Å²) in [5.41, 5.74) is 1.44. The van der Waals surface area contributed by atoms with Gasteiger partial charge in [0.2, 0.25) is 0 Å². The summed E-state index contributed by atoms with van der Waals surface area (Å²) in [4.78, 5) is 32.4. The molecule has 0 atom stereocenters. The number of nitrogens with zero attached hydrogens (tertiary/aromatic N) is 3. The van der Waals surface area contributed by atoms with Crippen molar-refractivity contribution in [3.63, 3.8) is 0 Å². The summed E-state index contributed by atoms with van der Waals surface area (Å²) in [5, 5.41) is 0.619. The first-order valence-electron chi connectivity index (χ1n) is 8.41. The molecule has 0 N–H and O–H groups in total. The summed E-state index contributed by atoms with van der Waals surface area (Å²) >= 11 is 5.82. The molecule has 26 heavy (non-hydrogen) atoms. The molecule has 1 aliphatic heterocycles. The van der Waals surface area contributed by atoms with Crippen LogP contribution in [-0.2, 0) is 4.79 Å². The number of carbonyl (C=O) groups excluding carboxylic acids is 2. The van der Waals surface area contributed by atoms with E-state index >= 15 is 0 Å². The standard InChI is InChI=1S/C19H20ClN3O3/c1-14-2-3-15(12-21-14)19(25)23-10-8-22(9-11-23)18(24)13-26-17-6-4-16(20)5-7-17/h2-7,12H,8-11,13H2,1H3. The van der Waals surface area contributed by atoms with Crippen molar-refractivity contribution in [3.8, 4) is 5.75 Å². The number of amides is 2. The maximum absolute atomic E-state index is 12.5. The lowest BCUT2D eigenvalue weighted by Gasteiger charge is -2.34. The zero-order valence-corrected chi connectivity index (χ0v) is 15.3. The second-order valence-corrected chi connectivity index (χ2v) is 6.54. The Morgan fingerprint density at radius 1 is 1.04 bits per heavy atom. The van der Waals surface area contributed by atoms with E-state index in [0.717, 1.165) is 5.69 Å². The van der Waals surface area contributed by atoms with E-state index in [2.05, 4.69) is 4.98 Å². The topological polar surface area (TPSA) is 62.7 Å². The minimum atomic E-state index is -0.0935. The molecule has 1 fully saturated rings. The Balaban J connectivity index is 1.48. The van der Waals surface area contributed by atoms with Crippen molar-refractivity contribution in [1.29, 1.82) is 0 Å². The Morgan fingerprint density at radius 3 is 2.31 bits per heavy atom. The number of aryl methyl sites for hydroxylation is 1. The van der Waals surface area contributed by atoms with Crippen molar-refractivity contribution < 1.29 is 14.3 Å². The van der Waals surface area contributed by atoms with Crippen LogP contribution in [0.5, 0.6) is 5.75 Å². The SMILES string of the molecule is Cc1ccc(C(=O)N2CCN(C(=O)COc3ccc(Cl)cc3)CC2)cn1. The van der Waals surface area contributed by atoms with E-state index in [0.29, 0.717) is 42.5 Å². The molecule has 1 aromatic carbocycles. The normalized spacial score (nSPS) is 14.2. The first-order valence-corrected chi connectivity index (χ1v) is 8.79. The number of pyridine rings is 1. The molecule has 0 radical (unpaired) electrons. The van der Waals surface area contributed by atoms with Crippen LogP contribution in [0.25, 0.3) is 0 Å². The van der Waals surface area contributed by atoms with Crippen molar-refractivity contribution in [2.75, 3.05) is 32.8 Å². The fourth-order valence-corrected chi connectivity index (χ4v) is 2.83. The molecule has 6 nitrogen and oxygen atoms in total. The van der Waals surface area contributed by atoms with Gasteiger partial charge < -0.3 is 14.5 Å². The molecule has 3 rings (SSSR count). The second kappa shape index (κ2) is 8.19. The number of aromatic nitrogens is 1. The lowest BCUT2D eigenvalue weighted by atomic mass is 10.2. The van der Waals surface area contributed by atoms with Crippen molar-refractivity contribution in [2.45, 2.75) is 6.92 Å². The van der Waals surface area contributed by atoms with Crippen molar-refractivity contribution >= 4 is 23.4 Å². The van der Waals surface area contributed by atoms with Crippen LogP contribution in [0.2, 0.25) is 5.02 Å². The van der Waals surface area contributed by atoms with E-state index < -0.39 is 0 Å². The number of hydrogen-bond acceptors (Lipinski definition) is 4. The largest absolute Gasteiger partial charge is 0.484 e. The van der Waals surface area contributed by atoms with Crippen molar-refractivity contribution in [2.24, 2.45) is 0 Å². The first-order chi connectivity index (χ1) is 12.5. The third kappa shape index (κ3) is 4.52. The fourth-order valence-electron chi connectivity index (χ4n) is 2.70. The highest BCUT2D eigenvalue weighted by Crippen LogP contribution is 2.16. The Labute approximate surface area is 157 Å². The van der Waals surface area contributed by atoms with Gasteiger partial charge >= 0.3 is 0 Å². The van der Waals surface area contributed by atoms with Gasteiger partial charge in [-0.3, -0.25) is 14.6 Å². The molecule has 0 unspecified atom stereocenters. The molecule has 2 amide bonds. The summed E-state index contributed by atoms with van der Waals surface area (Å²) in [6.45, 7) is 3.84. The van der Waals surface area contributed by atoms with E-state index in [1.807, 2.05) is 13.0 Å². The molecule has 1 saturated heterocycles. The van der Waals surface area contributed by atoms with Gasteiger partial charge in [-0.2, -0.15) is 0 Å². The first kappa shape index (κ1) is 18.2. The van der Waals surface area contributed by atoms with Crippen LogP contribution >= 0.6 is 11.6 Å². The molecule has 7 heteroatoms. The van der Waals surface area contributed by atoms with Crippen LogP contribution in [0.15, 0.2) is 42.6 Å². The van der Waals surface area contributed by atoms with Gasteiger partial charge in [-0.15, -0.1) is 0 Å². The highest BCUT2D eigenvalue weighted by Gasteiger charge is 2.25. The van der Waals surface area contributed by atoms with Crippen LogP contribution in [-0.4, -0.2) is 59.4 Å². The molecule has 0 saturated carbocycles. The van der Waals surface area contributed by atoms with Crippen LogP contribution < -0.4 is 4.74 Å². The second-order valence-electron chi connectivity index (χ2n) is 6.10. The molecule has 0 spiro atoms. The van der Waals surface area contributed by atoms with E-state index in [9.17, 15) is 9.59 Å². The van der Waals surface area contributed by atoms with Gasteiger partial charge in [-0.25, -0.2) is 0 Å². The molecule has 2 aromatic rings. The van der Waals surface area contributed by atoms with Crippen LogP contribution in [0.1, 0.15) is 16.1 Å². The number of hydrogen-bond donors (Lipinski definition) is 0. The number of carbonyl (C=O) groups is 2. The maximum Gasteiger partial charge on any atom is 0.260 e. The van der Waals surface area contributed by atoms with Crippen LogP contribution in [0.3, 0.4) is 0 Å². The van der Waals surface area contributed by atoms with Gasteiger partial charge in [0, 0.05) is 43.1 Å². The fraction of sp³-hybridized carbons (Fsp3) is 0.316. The highest BCUT2D eigenvalue weighted by atomic mass is 35.5.